The number of aromatic nitrogens is 3. The van der Waals surface area contributed by atoms with Gasteiger partial charge in [0.05, 0.1) is 30.9 Å². The average Bonchev–Trinajstić information content (AvgIpc) is 3.16. The smallest absolute Gasteiger partial charge is 0.327 e. The number of nitrogens with zero attached hydrogens (tertiary/aromatic N) is 4. The number of halogens is 1. The molecule has 0 amide bonds. The van der Waals surface area contributed by atoms with Gasteiger partial charge in [-0.25, -0.2) is 4.79 Å². The number of pyridine rings is 1. The van der Waals surface area contributed by atoms with Crippen LogP contribution in [0.5, 0.6) is 5.75 Å². The van der Waals surface area contributed by atoms with Crippen molar-refractivity contribution in [2.45, 2.75) is 39.7 Å². The van der Waals surface area contributed by atoms with Crippen molar-refractivity contribution in [2.75, 3.05) is 7.11 Å². The van der Waals surface area contributed by atoms with Crippen molar-refractivity contribution in [3.63, 3.8) is 0 Å². The molecule has 0 saturated carbocycles. The van der Waals surface area contributed by atoms with E-state index in [1.807, 2.05) is 20.8 Å². The summed E-state index contributed by atoms with van der Waals surface area (Å²) >= 11 is 6.11. The quantitative estimate of drug-likeness (QED) is 0.567. The molecule has 1 N–H and O–H groups in total. The first-order valence-corrected chi connectivity index (χ1v) is 10.4. The number of rotatable bonds is 6. The predicted molar refractivity (Wildman–Crippen MR) is 120 cm³/mol. The van der Waals surface area contributed by atoms with E-state index in [4.69, 9.17) is 20.8 Å². The van der Waals surface area contributed by atoms with Gasteiger partial charge in [-0.05, 0) is 23.6 Å². The maximum atomic E-state index is 13.2. The number of methoxy groups -OCH3 is 1. The molecular weight excluding hydrogens is 448 g/mol. The molecule has 0 radical (unpaired) electrons. The minimum absolute atomic E-state index is 0.115. The lowest BCUT2D eigenvalue weighted by Crippen LogP contribution is -2.38. The number of carboxylic acids is 1. The van der Waals surface area contributed by atoms with Gasteiger partial charge in [-0.1, -0.05) is 32.4 Å². The van der Waals surface area contributed by atoms with Gasteiger partial charge in [-0.15, -0.1) is 10.2 Å². The summed E-state index contributed by atoms with van der Waals surface area (Å²) in [6, 6.07) is 6.59. The summed E-state index contributed by atoms with van der Waals surface area (Å²) in [4.78, 5) is 25.7. The van der Waals surface area contributed by atoms with Crippen LogP contribution in [0.15, 0.2) is 39.7 Å². The van der Waals surface area contributed by atoms with E-state index in [2.05, 4.69) is 16.3 Å². The molecule has 0 fully saturated rings. The lowest BCUT2D eigenvalue weighted by atomic mass is 9.75. The number of benzene rings is 1. The van der Waals surface area contributed by atoms with Crippen molar-refractivity contribution in [1.82, 2.24) is 14.8 Å². The van der Waals surface area contributed by atoms with Crippen LogP contribution in [-0.2, 0) is 4.79 Å². The number of hydrogen-bond acceptors (Lipinski definition) is 7. The average molecular weight is 471 g/mol. The van der Waals surface area contributed by atoms with Crippen molar-refractivity contribution < 1.29 is 19.1 Å². The van der Waals surface area contributed by atoms with Crippen molar-refractivity contribution in [2.24, 2.45) is 5.41 Å². The highest BCUT2D eigenvalue weighted by Gasteiger charge is 2.43. The lowest BCUT2D eigenvalue weighted by molar-refractivity contribution is -0.143. The minimum Gasteiger partial charge on any atom is -0.495 e. The van der Waals surface area contributed by atoms with Gasteiger partial charge < -0.3 is 14.3 Å². The van der Waals surface area contributed by atoms with E-state index >= 15 is 0 Å². The highest BCUT2D eigenvalue weighted by molar-refractivity contribution is 6.31. The van der Waals surface area contributed by atoms with Crippen LogP contribution in [0.1, 0.15) is 50.1 Å². The summed E-state index contributed by atoms with van der Waals surface area (Å²) in [5.41, 5.74) is -0.249. The van der Waals surface area contributed by atoms with Crippen LogP contribution in [0.25, 0.3) is 11.1 Å². The van der Waals surface area contributed by atoms with Gasteiger partial charge in [-0.2, -0.15) is 5.26 Å². The Morgan fingerprint density at radius 3 is 2.48 bits per heavy atom. The molecule has 0 spiro atoms. The molecule has 3 aromatic rings. The molecule has 9 nitrogen and oxygen atoms in total. The van der Waals surface area contributed by atoms with Crippen LogP contribution in [0.2, 0.25) is 5.02 Å². The largest absolute Gasteiger partial charge is 0.495 e. The number of carboxylic acid groups (broad SMARTS) is 1. The first kappa shape index (κ1) is 24.0. The molecule has 0 bridgehead atoms. The number of aliphatic carboxylic acids is 1. The topological polar surface area (TPSA) is 131 Å². The van der Waals surface area contributed by atoms with E-state index < -0.39 is 28.9 Å². The Hall–Kier alpha value is -3.64. The zero-order chi connectivity index (χ0) is 24.5. The van der Waals surface area contributed by atoms with Crippen molar-refractivity contribution in [3.05, 3.63) is 63.2 Å². The lowest BCUT2D eigenvalue weighted by Gasteiger charge is -2.33. The summed E-state index contributed by atoms with van der Waals surface area (Å²) in [5.74, 6) is -1.47. The number of hydrogen-bond donors (Lipinski definition) is 1. The molecule has 172 valence electrons. The summed E-state index contributed by atoms with van der Waals surface area (Å²) in [6.07, 6.45) is 1.32. The molecule has 2 atom stereocenters. The molecule has 2 heterocycles. The second-order valence-electron chi connectivity index (χ2n) is 8.59. The number of aryl methyl sites for hydroxylation is 1. The van der Waals surface area contributed by atoms with Gasteiger partial charge in [0.2, 0.25) is 11.8 Å². The second kappa shape index (κ2) is 9.08. The van der Waals surface area contributed by atoms with E-state index in [-0.39, 0.29) is 17.5 Å². The fraction of sp³-hybridized carbons (Fsp3) is 0.348. The third kappa shape index (κ3) is 4.76. The van der Waals surface area contributed by atoms with Crippen molar-refractivity contribution in [3.8, 4) is 22.9 Å². The van der Waals surface area contributed by atoms with E-state index in [9.17, 15) is 20.0 Å². The first-order chi connectivity index (χ1) is 15.5. The number of nitriles is 1. The van der Waals surface area contributed by atoms with Gasteiger partial charge in [0.15, 0.2) is 0 Å². The minimum atomic E-state index is -1.37. The Morgan fingerprint density at radius 1 is 1.27 bits per heavy atom. The van der Waals surface area contributed by atoms with Crippen LogP contribution in [0.4, 0.5) is 0 Å². The predicted octanol–water partition coefficient (Wildman–Crippen LogP) is 4.20. The molecule has 0 saturated heterocycles. The van der Waals surface area contributed by atoms with Crippen molar-refractivity contribution >= 4 is 17.6 Å². The van der Waals surface area contributed by atoms with Gasteiger partial charge in [0, 0.05) is 29.1 Å². The van der Waals surface area contributed by atoms with Crippen LogP contribution < -0.4 is 10.3 Å². The van der Waals surface area contributed by atoms with Crippen molar-refractivity contribution in [1.29, 1.82) is 5.26 Å². The maximum absolute atomic E-state index is 13.2. The third-order valence-electron chi connectivity index (χ3n) is 5.27. The second-order valence-corrected chi connectivity index (χ2v) is 9.03. The Bertz CT molecular complexity index is 1300. The molecule has 1 aromatic carbocycles. The van der Waals surface area contributed by atoms with E-state index in [1.54, 1.807) is 19.1 Å². The highest BCUT2D eigenvalue weighted by Crippen LogP contribution is 2.43. The van der Waals surface area contributed by atoms with Gasteiger partial charge in [0.25, 0.3) is 5.56 Å². The van der Waals surface area contributed by atoms with Crippen LogP contribution >= 0.6 is 11.6 Å². The van der Waals surface area contributed by atoms with Crippen LogP contribution in [-0.4, -0.2) is 33.0 Å². The van der Waals surface area contributed by atoms with Crippen LogP contribution in [0.3, 0.4) is 0 Å². The molecule has 2 unspecified atom stereocenters. The molecule has 10 heteroatoms. The van der Waals surface area contributed by atoms with Crippen LogP contribution in [0, 0.1) is 23.7 Å². The van der Waals surface area contributed by atoms with E-state index in [0.717, 1.165) is 4.57 Å². The number of carbonyl (C=O) groups is 1. The Morgan fingerprint density at radius 2 is 1.97 bits per heavy atom. The molecule has 0 aliphatic heterocycles. The monoisotopic (exact) mass is 470 g/mol. The normalized spacial score (nSPS) is 13.2. The zero-order valence-electron chi connectivity index (χ0n) is 18.8. The summed E-state index contributed by atoms with van der Waals surface area (Å²) in [5, 5.41) is 27.9. The SMILES string of the molecule is COc1cn(C(C(=O)O)C(c2nnc(C)o2)C(C)(C)C)c(=O)cc1-c1cc(Cl)ccc1C#N. The zero-order valence-corrected chi connectivity index (χ0v) is 19.5. The number of ether oxygens (including phenoxy) is 1. The molecular formula is C23H23ClN4O5. The van der Waals surface area contributed by atoms with E-state index in [0.29, 0.717) is 21.7 Å². The van der Waals surface area contributed by atoms with Gasteiger partial charge in [-0.3, -0.25) is 9.36 Å². The fourth-order valence-electron chi connectivity index (χ4n) is 3.79. The third-order valence-corrected chi connectivity index (χ3v) is 5.50. The summed E-state index contributed by atoms with van der Waals surface area (Å²) in [7, 11) is 1.39. The maximum Gasteiger partial charge on any atom is 0.327 e. The highest BCUT2D eigenvalue weighted by atomic mass is 35.5. The Labute approximate surface area is 195 Å². The molecule has 33 heavy (non-hydrogen) atoms. The molecule has 2 aromatic heterocycles. The fourth-order valence-corrected chi connectivity index (χ4v) is 3.97. The van der Waals surface area contributed by atoms with E-state index in [1.165, 1.54) is 25.4 Å². The van der Waals surface area contributed by atoms with Gasteiger partial charge >= 0.3 is 5.97 Å². The van der Waals surface area contributed by atoms with Gasteiger partial charge in [0.1, 0.15) is 11.8 Å². The molecule has 3 rings (SSSR count). The Kier molecular flexibility index (Phi) is 6.60. The summed E-state index contributed by atoms with van der Waals surface area (Å²) in [6.45, 7) is 7.09. The standard InChI is InChI=1S/C23H23ClN4O5/c1-12-26-27-21(33-12)19(23(2,3)4)20(22(30)31)28-11-17(32-5)16(9-18(28)29)15-8-14(24)7-6-13(15)10-25/h6-9,11,19-20H,1-5H3,(H,30,31). The molecule has 0 aliphatic carbocycles. The first-order valence-electron chi connectivity index (χ1n) is 10.0. The molecule has 0 aliphatic rings. The Balaban J connectivity index is 2.27. The summed E-state index contributed by atoms with van der Waals surface area (Å²) < 4.78 is 12.1.